The fraction of sp³-hybridized carbons (Fsp3) is 0.217. The number of benzene rings is 4. The minimum atomic E-state index is -0.785. The molecular formula is C46H44N2O10. The molecule has 12 nitrogen and oxygen atoms in total. The van der Waals surface area contributed by atoms with E-state index in [0.717, 1.165) is 0 Å². The number of nitrogens with one attached hydrogen (secondary N) is 2. The Hall–Kier alpha value is -7.08. The summed E-state index contributed by atoms with van der Waals surface area (Å²) in [6.45, 7) is 10.6. The highest BCUT2D eigenvalue weighted by Crippen LogP contribution is 2.53. The number of para-hydroxylation sites is 2. The standard InChI is InChI=1S/C46H44N2O10/c1-21(2)33-27-17-23(5)35(41(51)37(27)29(39(49)43(33)53)19-47-31-15-11-9-13-25(31)45(55)57-7)36-24(6)18-28-34(22(3)4)44(54)40(50)30(38(28)42(36)52)20-48-32-16-12-10-14-26(32)46(56)58-8/h9-22,47-48,51-54H,1-8H3/b29-19-,30-20-. The lowest BCUT2D eigenvalue weighted by atomic mass is 9.75. The largest absolute Gasteiger partial charge is 0.507 e. The minimum absolute atomic E-state index is 0.0694. The third-order valence-corrected chi connectivity index (χ3v) is 10.4. The number of phenols is 2. The van der Waals surface area contributed by atoms with Crippen LogP contribution in [0.5, 0.6) is 11.5 Å². The predicted octanol–water partition coefficient (Wildman–Crippen LogP) is 8.88. The molecule has 0 bridgehead atoms. The van der Waals surface area contributed by atoms with Crippen LogP contribution < -0.4 is 10.6 Å². The molecule has 6 rings (SSSR count). The number of hydrogen-bond donors (Lipinski definition) is 6. The van der Waals surface area contributed by atoms with Crippen LogP contribution in [0.4, 0.5) is 11.4 Å². The van der Waals surface area contributed by atoms with Gasteiger partial charge in [-0.1, -0.05) is 64.1 Å². The van der Waals surface area contributed by atoms with Crippen LogP contribution in [0, 0.1) is 25.7 Å². The van der Waals surface area contributed by atoms with E-state index in [9.17, 15) is 39.6 Å². The second-order valence-corrected chi connectivity index (χ2v) is 14.7. The van der Waals surface area contributed by atoms with Gasteiger partial charge in [-0.15, -0.1) is 0 Å². The van der Waals surface area contributed by atoms with Gasteiger partial charge in [-0.05, 0) is 72.2 Å². The molecule has 0 atom stereocenters. The normalized spacial score (nSPS) is 15.3. The Balaban J connectivity index is 1.62. The molecule has 0 aromatic heterocycles. The summed E-state index contributed by atoms with van der Waals surface area (Å²) in [5, 5.41) is 53.4. The van der Waals surface area contributed by atoms with E-state index in [0.29, 0.717) is 44.8 Å². The van der Waals surface area contributed by atoms with Crippen molar-refractivity contribution in [1.82, 2.24) is 0 Å². The molecule has 0 radical (unpaired) electrons. The number of carbonyl (C=O) groups excluding carboxylic acids is 4. The molecule has 0 unspecified atom stereocenters. The topological polar surface area (TPSA) is 192 Å². The summed E-state index contributed by atoms with van der Waals surface area (Å²) >= 11 is 0. The average molecular weight is 785 g/mol. The van der Waals surface area contributed by atoms with Gasteiger partial charge in [0, 0.05) is 45.8 Å². The smallest absolute Gasteiger partial charge is 0.339 e. The Labute approximate surface area is 335 Å². The molecule has 0 spiro atoms. The molecule has 0 amide bonds. The summed E-state index contributed by atoms with van der Waals surface area (Å²) in [7, 11) is 2.49. The van der Waals surface area contributed by atoms with Crippen LogP contribution in [-0.2, 0) is 19.1 Å². The van der Waals surface area contributed by atoms with E-state index >= 15 is 0 Å². The molecule has 6 N–H and O–H groups in total. The number of aliphatic hydroxyl groups is 2. The molecule has 0 saturated heterocycles. The molecule has 0 heterocycles. The quantitative estimate of drug-likeness (QED) is 0.0699. The van der Waals surface area contributed by atoms with Crippen molar-refractivity contribution in [3.05, 3.63) is 129 Å². The number of carbonyl (C=O) groups is 4. The number of hydrogen-bond acceptors (Lipinski definition) is 12. The van der Waals surface area contributed by atoms with Crippen molar-refractivity contribution in [2.24, 2.45) is 11.8 Å². The number of rotatable bonds is 9. The van der Waals surface area contributed by atoms with Crippen molar-refractivity contribution < 1.29 is 49.1 Å². The molecule has 0 saturated carbocycles. The van der Waals surface area contributed by atoms with Crippen LogP contribution in [0.2, 0.25) is 0 Å². The molecule has 2 aliphatic rings. The molecule has 12 heteroatoms. The van der Waals surface area contributed by atoms with Crippen LogP contribution >= 0.6 is 0 Å². The number of aromatic hydroxyl groups is 2. The van der Waals surface area contributed by atoms with Gasteiger partial charge in [0.15, 0.2) is 11.5 Å². The van der Waals surface area contributed by atoms with E-state index in [1.807, 2.05) is 0 Å². The van der Waals surface area contributed by atoms with Crippen molar-refractivity contribution in [1.29, 1.82) is 0 Å². The van der Waals surface area contributed by atoms with Crippen LogP contribution in [0.3, 0.4) is 0 Å². The first-order valence-electron chi connectivity index (χ1n) is 18.5. The molecule has 2 aliphatic carbocycles. The highest BCUT2D eigenvalue weighted by molar-refractivity contribution is 6.35. The minimum Gasteiger partial charge on any atom is -0.507 e. The number of allylic oxidation sites excluding steroid dienone is 4. The van der Waals surface area contributed by atoms with Gasteiger partial charge in [0.1, 0.15) is 11.5 Å². The number of fused-ring (bicyclic) bond motifs is 2. The number of esters is 2. The number of Topliss-reactive ketones (excluding diaryl/α,β-unsaturated/α-hetero) is 2. The summed E-state index contributed by atoms with van der Waals surface area (Å²) < 4.78 is 9.83. The third-order valence-electron chi connectivity index (χ3n) is 10.4. The van der Waals surface area contributed by atoms with Gasteiger partial charge < -0.3 is 40.5 Å². The average Bonchev–Trinajstić information content (AvgIpc) is 3.19. The van der Waals surface area contributed by atoms with Gasteiger partial charge >= 0.3 is 11.9 Å². The Kier molecular flexibility index (Phi) is 11.1. The van der Waals surface area contributed by atoms with Crippen LogP contribution in [0.1, 0.15) is 81.8 Å². The van der Waals surface area contributed by atoms with Crippen molar-refractivity contribution in [3.63, 3.8) is 0 Å². The molecule has 4 aromatic carbocycles. The number of ketones is 2. The van der Waals surface area contributed by atoms with E-state index in [2.05, 4.69) is 10.6 Å². The summed E-state index contributed by atoms with van der Waals surface area (Å²) in [6, 6.07) is 16.4. The fourth-order valence-electron chi connectivity index (χ4n) is 7.72. The maximum absolute atomic E-state index is 14.0. The number of aryl methyl sites for hydroxylation is 2. The zero-order chi connectivity index (χ0) is 42.3. The molecule has 0 aliphatic heterocycles. The zero-order valence-corrected chi connectivity index (χ0v) is 33.3. The molecular weight excluding hydrogens is 741 g/mol. The van der Waals surface area contributed by atoms with Crippen LogP contribution in [-0.4, -0.2) is 58.2 Å². The summed E-state index contributed by atoms with van der Waals surface area (Å²) in [6.07, 6.45) is 2.60. The van der Waals surface area contributed by atoms with Gasteiger partial charge in [-0.3, -0.25) is 9.59 Å². The van der Waals surface area contributed by atoms with Crippen LogP contribution in [0.15, 0.2) is 84.6 Å². The van der Waals surface area contributed by atoms with E-state index in [1.54, 1.807) is 102 Å². The first kappa shape index (κ1) is 40.6. The van der Waals surface area contributed by atoms with Crippen molar-refractivity contribution in [2.75, 3.05) is 24.9 Å². The van der Waals surface area contributed by atoms with E-state index in [4.69, 9.17) is 9.47 Å². The maximum Gasteiger partial charge on any atom is 0.339 e. The Morgan fingerprint density at radius 1 is 0.586 bits per heavy atom. The Morgan fingerprint density at radius 2 is 0.931 bits per heavy atom. The van der Waals surface area contributed by atoms with Crippen LogP contribution in [0.25, 0.3) is 33.4 Å². The third kappa shape index (κ3) is 6.76. The second-order valence-electron chi connectivity index (χ2n) is 14.7. The summed E-state index contributed by atoms with van der Waals surface area (Å²) in [5.41, 5.74) is 3.47. The zero-order valence-electron chi connectivity index (χ0n) is 33.3. The number of phenolic OH excluding ortho intramolecular Hbond substituents is 2. The van der Waals surface area contributed by atoms with Gasteiger partial charge in [-0.2, -0.15) is 0 Å². The van der Waals surface area contributed by atoms with Gasteiger partial charge in [0.2, 0.25) is 11.6 Å². The maximum atomic E-state index is 14.0. The van der Waals surface area contributed by atoms with Crippen molar-refractivity contribution in [3.8, 4) is 22.6 Å². The lowest BCUT2D eigenvalue weighted by Crippen LogP contribution is -2.20. The lowest BCUT2D eigenvalue weighted by molar-refractivity contribution is -0.113. The first-order valence-corrected chi connectivity index (χ1v) is 18.5. The van der Waals surface area contributed by atoms with Crippen molar-refractivity contribution in [2.45, 2.75) is 41.5 Å². The number of ether oxygens (including phenoxy) is 2. The SMILES string of the molecule is COC(=O)c1ccccc1N/C=C1\C(=O)C(O)=C(C(C)C)c2cc(C)c(-c3c(C)cc4c(c3O)/C(=C/Nc3ccccc3C(=O)OC)C(=O)C(O)=C4C(C)C)c(O)c21. The molecule has 0 fully saturated rings. The Bertz CT molecular complexity index is 2390. The lowest BCUT2D eigenvalue weighted by Gasteiger charge is -2.29. The van der Waals surface area contributed by atoms with E-state index in [-0.39, 0.29) is 67.9 Å². The highest BCUT2D eigenvalue weighted by Gasteiger charge is 2.38. The number of aliphatic hydroxyl groups excluding tert-OH is 2. The molecule has 58 heavy (non-hydrogen) atoms. The first-order chi connectivity index (χ1) is 27.5. The van der Waals surface area contributed by atoms with Gasteiger partial charge in [0.25, 0.3) is 0 Å². The monoisotopic (exact) mass is 784 g/mol. The number of methoxy groups -OCH3 is 2. The van der Waals surface area contributed by atoms with E-state index < -0.39 is 35.0 Å². The Morgan fingerprint density at radius 3 is 1.26 bits per heavy atom. The van der Waals surface area contributed by atoms with E-state index in [1.165, 1.54) is 26.6 Å². The fourth-order valence-corrected chi connectivity index (χ4v) is 7.72. The summed E-state index contributed by atoms with van der Waals surface area (Å²) in [4.78, 5) is 53.1. The van der Waals surface area contributed by atoms with Gasteiger partial charge in [0.05, 0.1) is 47.9 Å². The van der Waals surface area contributed by atoms with Crippen molar-refractivity contribution >= 4 is 57.2 Å². The summed E-state index contributed by atoms with van der Waals surface area (Å²) in [5.74, 6) is -5.31. The highest BCUT2D eigenvalue weighted by atomic mass is 16.5. The predicted molar refractivity (Wildman–Crippen MR) is 222 cm³/mol. The second kappa shape index (κ2) is 15.8. The number of anilines is 2. The molecule has 4 aromatic rings. The molecule has 298 valence electrons. The van der Waals surface area contributed by atoms with Gasteiger partial charge in [-0.25, -0.2) is 9.59 Å².